The molecule has 0 spiro atoms. The average Bonchev–Trinajstić information content (AvgIpc) is 2.55. The van der Waals surface area contributed by atoms with Crippen molar-refractivity contribution in [2.45, 2.75) is 19.0 Å². The van der Waals surface area contributed by atoms with Crippen molar-refractivity contribution < 1.29 is 19.1 Å². The Labute approximate surface area is 91.1 Å². The Morgan fingerprint density at radius 2 is 2.20 bits per heavy atom. The minimum Gasteiger partial charge on any atom is -0.468 e. The zero-order chi connectivity index (χ0) is 11.6. The second-order valence-corrected chi connectivity index (χ2v) is 4.03. The van der Waals surface area contributed by atoms with Crippen molar-refractivity contribution in [2.75, 3.05) is 12.9 Å². The molecule has 1 saturated heterocycles. The van der Waals surface area contributed by atoms with Crippen molar-refractivity contribution in [3.8, 4) is 0 Å². The van der Waals surface area contributed by atoms with Crippen LogP contribution in [0.1, 0.15) is 6.92 Å². The summed E-state index contributed by atoms with van der Waals surface area (Å²) >= 11 is 0.908. The second kappa shape index (κ2) is 4.63. The summed E-state index contributed by atoms with van der Waals surface area (Å²) in [6, 6.07) is -1.67. The Morgan fingerprint density at radius 3 is 2.60 bits per heavy atom. The Kier molecular flexibility index (Phi) is 3.70. The first-order valence-electron chi connectivity index (χ1n) is 4.31. The van der Waals surface area contributed by atoms with Crippen LogP contribution in [0, 0.1) is 0 Å². The van der Waals surface area contributed by atoms with Gasteiger partial charge in [-0.3, -0.25) is 19.3 Å². The molecule has 2 atom stereocenters. The Balaban J connectivity index is 2.75. The molecule has 0 bridgehead atoms. The Morgan fingerprint density at radius 1 is 1.60 bits per heavy atom. The summed E-state index contributed by atoms with van der Waals surface area (Å²) in [5.41, 5.74) is 5.55. The highest BCUT2D eigenvalue weighted by atomic mass is 32.2. The first kappa shape index (κ1) is 12.0. The smallest absolute Gasteiger partial charge is 0.324 e. The normalized spacial score (nSPS) is 20.3. The second-order valence-electron chi connectivity index (χ2n) is 3.11. The predicted octanol–water partition coefficient (Wildman–Crippen LogP) is -0.429. The van der Waals surface area contributed by atoms with E-state index in [-0.39, 0.29) is 16.9 Å². The van der Waals surface area contributed by atoms with Gasteiger partial charge in [-0.05, 0) is 6.92 Å². The summed E-state index contributed by atoms with van der Waals surface area (Å²) in [4.78, 5) is 34.7. The largest absolute Gasteiger partial charge is 0.468 e. The van der Waals surface area contributed by atoms with Gasteiger partial charge in [0.25, 0.3) is 5.24 Å². The molecule has 0 aliphatic carbocycles. The Hall–Kier alpha value is -1.08. The summed E-state index contributed by atoms with van der Waals surface area (Å²) in [6.07, 6.45) is 0. The number of thioether (sulfide) groups is 1. The average molecular weight is 232 g/mol. The van der Waals surface area contributed by atoms with E-state index in [1.54, 1.807) is 6.92 Å². The highest BCUT2D eigenvalue weighted by Crippen LogP contribution is 2.22. The predicted molar refractivity (Wildman–Crippen MR) is 54.2 cm³/mol. The van der Waals surface area contributed by atoms with Crippen LogP contribution in [0.15, 0.2) is 0 Å². The van der Waals surface area contributed by atoms with Crippen molar-refractivity contribution in [3.63, 3.8) is 0 Å². The SMILES string of the molecule is COC(=O)[C@@H](N)[C@H](C)N1C(=O)CSC1=O. The number of esters is 1. The molecule has 0 aromatic carbocycles. The van der Waals surface area contributed by atoms with E-state index >= 15 is 0 Å². The van der Waals surface area contributed by atoms with E-state index in [0.29, 0.717) is 0 Å². The van der Waals surface area contributed by atoms with E-state index in [0.717, 1.165) is 16.7 Å². The monoisotopic (exact) mass is 232 g/mol. The molecule has 1 rings (SSSR count). The van der Waals surface area contributed by atoms with Gasteiger partial charge in [0.05, 0.1) is 18.9 Å². The lowest BCUT2D eigenvalue weighted by atomic mass is 10.1. The van der Waals surface area contributed by atoms with Gasteiger partial charge >= 0.3 is 5.97 Å². The summed E-state index contributed by atoms with van der Waals surface area (Å²) in [5.74, 6) is -0.853. The number of carbonyl (C=O) groups is 3. The number of hydrogen-bond donors (Lipinski definition) is 1. The van der Waals surface area contributed by atoms with Gasteiger partial charge in [-0.2, -0.15) is 0 Å². The lowest BCUT2D eigenvalue weighted by molar-refractivity contribution is -0.144. The van der Waals surface area contributed by atoms with Crippen molar-refractivity contribution in [1.29, 1.82) is 0 Å². The van der Waals surface area contributed by atoms with Crippen LogP contribution in [0.3, 0.4) is 0 Å². The summed E-state index contributed by atoms with van der Waals surface area (Å²) in [5, 5.41) is -0.369. The van der Waals surface area contributed by atoms with Crippen molar-refractivity contribution >= 4 is 28.9 Å². The Bertz CT molecular complexity index is 291. The van der Waals surface area contributed by atoms with E-state index < -0.39 is 18.1 Å². The van der Waals surface area contributed by atoms with Crippen LogP contribution in [-0.4, -0.2) is 47.0 Å². The van der Waals surface area contributed by atoms with Crippen LogP contribution in [0.5, 0.6) is 0 Å². The molecule has 1 aliphatic rings. The topological polar surface area (TPSA) is 89.7 Å². The fraction of sp³-hybridized carbons (Fsp3) is 0.625. The highest BCUT2D eigenvalue weighted by Gasteiger charge is 2.38. The number of carbonyl (C=O) groups excluding carboxylic acids is 3. The van der Waals surface area contributed by atoms with E-state index in [1.165, 1.54) is 7.11 Å². The molecule has 1 heterocycles. The van der Waals surface area contributed by atoms with Crippen LogP contribution in [0.4, 0.5) is 4.79 Å². The lowest BCUT2D eigenvalue weighted by Crippen LogP contribution is -2.52. The zero-order valence-electron chi connectivity index (χ0n) is 8.43. The van der Waals surface area contributed by atoms with Gasteiger partial charge in [-0.25, -0.2) is 0 Å². The number of hydrogen-bond acceptors (Lipinski definition) is 6. The fourth-order valence-electron chi connectivity index (χ4n) is 1.25. The molecule has 0 unspecified atom stereocenters. The molecule has 1 fully saturated rings. The number of nitrogens with zero attached hydrogens (tertiary/aromatic N) is 1. The molecule has 2 amide bonds. The van der Waals surface area contributed by atoms with Crippen molar-refractivity contribution in [1.82, 2.24) is 4.90 Å². The maximum atomic E-state index is 11.3. The van der Waals surface area contributed by atoms with Gasteiger partial charge < -0.3 is 10.5 Å². The molecule has 2 N–H and O–H groups in total. The molecule has 15 heavy (non-hydrogen) atoms. The maximum absolute atomic E-state index is 11.3. The molecule has 84 valence electrons. The molecule has 7 heteroatoms. The molecule has 1 aliphatic heterocycles. The van der Waals surface area contributed by atoms with Crippen LogP contribution in [-0.2, 0) is 14.3 Å². The summed E-state index contributed by atoms with van der Waals surface area (Å²) in [6.45, 7) is 1.54. The minimum absolute atomic E-state index is 0.108. The van der Waals surface area contributed by atoms with E-state index in [1.807, 2.05) is 0 Å². The van der Waals surface area contributed by atoms with Gasteiger partial charge in [-0.15, -0.1) is 0 Å². The summed E-state index contributed by atoms with van der Waals surface area (Å²) < 4.78 is 4.44. The molecule has 0 radical (unpaired) electrons. The van der Waals surface area contributed by atoms with Gasteiger partial charge in [0, 0.05) is 0 Å². The van der Waals surface area contributed by atoms with Crippen LogP contribution in [0.2, 0.25) is 0 Å². The standard InChI is InChI=1S/C8H12N2O4S/c1-4(6(9)7(12)14-2)10-5(11)3-15-8(10)13/h4,6H,3,9H2,1-2H3/t4-,6-/m0/s1. The number of methoxy groups -OCH3 is 1. The first-order chi connectivity index (χ1) is 6.99. The number of ether oxygens (including phenoxy) is 1. The summed E-state index contributed by atoms with van der Waals surface area (Å²) in [7, 11) is 1.21. The molecule has 0 aromatic rings. The molecule has 6 nitrogen and oxygen atoms in total. The number of nitrogens with two attached hydrogens (primary N) is 1. The molecule has 0 saturated carbocycles. The van der Waals surface area contributed by atoms with Crippen LogP contribution in [0.25, 0.3) is 0 Å². The minimum atomic E-state index is -0.999. The number of rotatable bonds is 3. The molecule has 0 aromatic heterocycles. The third kappa shape index (κ3) is 2.29. The number of amides is 2. The molecular formula is C8H12N2O4S. The van der Waals surface area contributed by atoms with Crippen LogP contribution >= 0.6 is 11.8 Å². The van der Waals surface area contributed by atoms with Crippen molar-refractivity contribution in [3.05, 3.63) is 0 Å². The lowest BCUT2D eigenvalue weighted by Gasteiger charge is -2.25. The van der Waals surface area contributed by atoms with E-state index in [4.69, 9.17) is 5.73 Å². The first-order valence-corrected chi connectivity index (χ1v) is 5.29. The van der Waals surface area contributed by atoms with Gasteiger partial charge in [0.1, 0.15) is 6.04 Å². The van der Waals surface area contributed by atoms with Gasteiger partial charge in [-0.1, -0.05) is 11.8 Å². The molecular weight excluding hydrogens is 220 g/mol. The fourth-order valence-corrected chi connectivity index (χ4v) is 2.04. The zero-order valence-corrected chi connectivity index (χ0v) is 9.24. The maximum Gasteiger partial charge on any atom is 0.324 e. The highest BCUT2D eigenvalue weighted by molar-refractivity contribution is 8.14. The quantitative estimate of drug-likeness (QED) is 0.664. The van der Waals surface area contributed by atoms with E-state index in [9.17, 15) is 14.4 Å². The number of imide groups is 1. The third-order valence-corrected chi connectivity index (χ3v) is 3.02. The van der Waals surface area contributed by atoms with Gasteiger partial charge in [0.2, 0.25) is 5.91 Å². The van der Waals surface area contributed by atoms with Crippen molar-refractivity contribution in [2.24, 2.45) is 5.73 Å². The van der Waals surface area contributed by atoms with E-state index in [2.05, 4.69) is 4.74 Å². The van der Waals surface area contributed by atoms with Gasteiger partial charge in [0.15, 0.2) is 0 Å². The van der Waals surface area contributed by atoms with Crippen LogP contribution < -0.4 is 5.73 Å². The third-order valence-electron chi connectivity index (χ3n) is 2.18.